The summed E-state index contributed by atoms with van der Waals surface area (Å²) in [5.74, 6) is -3.24. The van der Waals surface area contributed by atoms with Gasteiger partial charge in [0.1, 0.15) is 6.04 Å². The number of ketones is 1. The number of guanidine groups is 1. The second-order valence-corrected chi connectivity index (χ2v) is 5.25. The summed E-state index contributed by atoms with van der Waals surface area (Å²) in [6, 6.07) is -2.14. The van der Waals surface area contributed by atoms with Crippen LogP contribution in [0, 0.1) is 5.92 Å². The summed E-state index contributed by atoms with van der Waals surface area (Å²) in [6.45, 7) is -0.956. The van der Waals surface area contributed by atoms with Crippen molar-refractivity contribution in [3.8, 4) is 0 Å². The molecule has 11 N–H and O–H groups in total. The van der Waals surface area contributed by atoms with Gasteiger partial charge in [0.05, 0.1) is 25.2 Å². The van der Waals surface area contributed by atoms with Crippen LogP contribution in [0.1, 0.15) is 19.3 Å². The number of Topliss-reactive ketones (excluding diaryl/α,β-unsaturated/α-hetero) is 1. The summed E-state index contributed by atoms with van der Waals surface area (Å²) in [7, 11) is 0. The first-order valence-electron chi connectivity index (χ1n) is 7.38. The summed E-state index contributed by atoms with van der Waals surface area (Å²) in [6.07, 6.45) is 0.338. The second-order valence-electron chi connectivity index (χ2n) is 5.25. The predicted octanol–water partition coefficient (Wildman–Crippen LogP) is -4.10. The topological polar surface area (TPSA) is 220 Å². The third-order valence-electron chi connectivity index (χ3n) is 3.26. The molecule has 11 heteroatoms. The van der Waals surface area contributed by atoms with Gasteiger partial charge >= 0.3 is 0 Å². The molecule has 0 spiro atoms. The molecule has 3 atom stereocenters. The molecule has 24 heavy (non-hydrogen) atoms. The monoisotopic (exact) mass is 346 g/mol. The van der Waals surface area contributed by atoms with Gasteiger partial charge in [-0.25, -0.2) is 0 Å². The number of nitrogens with one attached hydrogen (secondary N) is 1. The molecule has 0 saturated heterocycles. The first kappa shape index (κ1) is 21.8. The number of primary amides is 1. The normalized spacial score (nSPS) is 14.3. The minimum Gasteiger partial charge on any atom is -0.396 e. The van der Waals surface area contributed by atoms with Crippen molar-refractivity contribution in [1.29, 1.82) is 0 Å². The number of rotatable bonds is 12. The molecule has 0 rings (SSSR count). The third-order valence-corrected chi connectivity index (χ3v) is 3.26. The molecule has 0 heterocycles. The molecule has 0 bridgehead atoms. The molecule has 11 nitrogen and oxygen atoms in total. The predicted molar refractivity (Wildman–Crippen MR) is 86.3 cm³/mol. The molecule has 0 aromatic rings. The molecule has 0 aliphatic carbocycles. The van der Waals surface area contributed by atoms with E-state index in [0.717, 1.165) is 0 Å². The number of hydrogen-bond acceptors (Lipinski definition) is 7. The summed E-state index contributed by atoms with van der Waals surface area (Å²) in [5.41, 5.74) is 21.0. The molecule has 2 amide bonds. The number of nitrogens with two attached hydrogens (primary N) is 4. The van der Waals surface area contributed by atoms with Crippen LogP contribution in [0.3, 0.4) is 0 Å². The molecular formula is C13H26N6O5. The zero-order valence-electron chi connectivity index (χ0n) is 13.4. The first-order valence-corrected chi connectivity index (χ1v) is 7.38. The van der Waals surface area contributed by atoms with Crippen LogP contribution in [0.2, 0.25) is 0 Å². The maximum Gasteiger partial charge on any atom is 0.237 e. The zero-order valence-corrected chi connectivity index (χ0v) is 13.4. The highest BCUT2D eigenvalue weighted by Gasteiger charge is 2.27. The smallest absolute Gasteiger partial charge is 0.237 e. The molecule has 0 unspecified atom stereocenters. The van der Waals surface area contributed by atoms with Gasteiger partial charge in [-0.2, -0.15) is 0 Å². The fraction of sp³-hybridized carbons (Fsp3) is 0.692. The van der Waals surface area contributed by atoms with E-state index in [1.54, 1.807) is 0 Å². The quantitative estimate of drug-likeness (QED) is 0.104. The van der Waals surface area contributed by atoms with Gasteiger partial charge in [-0.3, -0.25) is 19.4 Å². The van der Waals surface area contributed by atoms with Gasteiger partial charge in [-0.15, -0.1) is 0 Å². The molecule has 0 saturated carbocycles. The van der Waals surface area contributed by atoms with E-state index in [4.69, 9.17) is 28.0 Å². The highest BCUT2D eigenvalue weighted by Crippen LogP contribution is 2.05. The van der Waals surface area contributed by atoms with Crippen LogP contribution in [0.15, 0.2) is 4.99 Å². The largest absolute Gasteiger partial charge is 0.396 e. The average molecular weight is 346 g/mol. The van der Waals surface area contributed by atoms with Gasteiger partial charge in [-0.05, 0) is 12.8 Å². The number of aliphatic hydroxyl groups is 2. The van der Waals surface area contributed by atoms with Crippen molar-refractivity contribution in [3.05, 3.63) is 0 Å². The number of hydrogen-bond donors (Lipinski definition) is 7. The highest BCUT2D eigenvalue weighted by atomic mass is 16.3. The summed E-state index contributed by atoms with van der Waals surface area (Å²) < 4.78 is 0. The molecule has 0 radical (unpaired) electrons. The lowest BCUT2D eigenvalue weighted by Gasteiger charge is -2.19. The van der Waals surface area contributed by atoms with Crippen LogP contribution < -0.4 is 28.3 Å². The average Bonchev–Trinajstić information content (AvgIpc) is 2.52. The van der Waals surface area contributed by atoms with Gasteiger partial charge in [0.25, 0.3) is 0 Å². The highest BCUT2D eigenvalue weighted by molar-refractivity contribution is 5.93. The summed E-state index contributed by atoms with van der Waals surface area (Å²) in [5, 5.41) is 20.5. The van der Waals surface area contributed by atoms with E-state index in [1.807, 2.05) is 0 Å². The Morgan fingerprint density at radius 2 is 1.71 bits per heavy atom. The fourth-order valence-electron chi connectivity index (χ4n) is 1.80. The SMILES string of the molecule is NC(=O)[C@@H](CO)CC(=O)[C@@H](CO)NC(=O)[C@H](N)CCCN=C(N)N. The van der Waals surface area contributed by atoms with Crippen molar-refractivity contribution >= 4 is 23.6 Å². The Hall–Kier alpha value is -2.24. The van der Waals surface area contributed by atoms with Crippen molar-refractivity contribution in [3.63, 3.8) is 0 Å². The van der Waals surface area contributed by atoms with E-state index in [9.17, 15) is 19.5 Å². The van der Waals surface area contributed by atoms with Crippen LogP contribution in [0.25, 0.3) is 0 Å². The van der Waals surface area contributed by atoms with Crippen LogP contribution in [-0.4, -0.2) is 65.6 Å². The Labute approximate surface area is 139 Å². The van der Waals surface area contributed by atoms with E-state index in [-0.39, 0.29) is 12.4 Å². The van der Waals surface area contributed by atoms with Gasteiger partial charge in [0.2, 0.25) is 11.8 Å². The standard InChI is InChI=1S/C13H26N6O5/c14-8(2-1-3-18-13(16)17)12(24)19-9(6-21)10(22)4-7(5-20)11(15)23/h7-9,20-21H,1-6,14H2,(H2,15,23)(H,19,24)(H4,16,17,18)/t7-,8-,9-/m1/s1. The lowest BCUT2D eigenvalue weighted by atomic mass is 9.98. The van der Waals surface area contributed by atoms with Gasteiger partial charge < -0.3 is 38.5 Å². The number of carbonyl (C=O) groups is 3. The van der Waals surface area contributed by atoms with E-state index in [0.29, 0.717) is 13.0 Å². The first-order chi connectivity index (χ1) is 11.2. The number of aliphatic hydroxyl groups excluding tert-OH is 2. The summed E-state index contributed by atoms with van der Waals surface area (Å²) >= 11 is 0. The van der Waals surface area contributed by atoms with Crippen LogP contribution in [-0.2, 0) is 14.4 Å². The number of amides is 2. The molecule has 0 aromatic carbocycles. The third kappa shape index (κ3) is 8.41. The van der Waals surface area contributed by atoms with Crippen molar-refractivity contribution in [2.75, 3.05) is 19.8 Å². The number of nitrogens with zero attached hydrogens (tertiary/aromatic N) is 1. The second kappa shape index (κ2) is 11.3. The van der Waals surface area contributed by atoms with Crippen LogP contribution in [0.5, 0.6) is 0 Å². The van der Waals surface area contributed by atoms with E-state index in [2.05, 4.69) is 10.3 Å². The Bertz CT molecular complexity index is 466. The van der Waals surface area contributed by atoms with Gasteiger partial charge in [-0.1, -0.05) is 0 Å². The Kier molecular flexibility index (Phi) is 10.3. The Morgan fingerprint density at radius 1 is 1.08 bits per heavy atom. The molecule has 138 valence electrons. The maximum atomic E-state index is 12.0. The number of aliphatic imine (C=N–C) groups is 1. The van der Waals surface area contributed by atoms with E-state index in [1.165, 1.54) is 0 Å². The fourth-order valence-corrected chi connectivity index (χ4v) is 1.80. The Balaban J connectivity index is 4.47. The van der Waals surface area contributed by atoms with Crippen molar-refractivity contribution < 1.29 is 24.6 Å². The van der Waals surface area contributed by atoms with Crippen LogP contribution in [0.4, 0.5) is 0 Å². The van der Waals surface area contributed by atoms with Gasteiger partial charge in [0, 0.05) is 13.0 Å². The molecule has 0 aromatic heterocycles. The van der Waals surface area contributed by atoms with Crippen molar-refractivity contribution in [2.24, 2.45) is 33.8 Å². The molecular weight excluding hydrogens is 320 g/mol. The zero-order chi connectivity index (χ0) is 18.7. The lowest BCUT2D eigenvalue weighted by Crippen LogP contribution is -2.50. The van der Waals surface area contributed by atoms with E-state index < -0.39 is 55.2 Å². The minimum atomic E-state index is -1.23. The molecule has 0 aliphatic heterocycles. The van der Waals surface area contributed by atoms with E-state index >= 15 is 0 Å². The maximum absolute atomic E-state index is 12.0. The molecule has 0 aliphatic rings. The Morgan fingerprint density at radius 3 is 2.17 bits per heavy atom. The molecule has 0 fully saturated rings. The van der Waals surface area contributed by atoms with Gasteiger partial charge in [0.15, 0.2) is 11.7 Å². The van der Waals surface area contributed by atoms with Crippen molar-refractivity contribution in [1.82, 2.24) is 5.32 Å². The minimum absolute atomic E-state index is 0.0631. The lowest BCUT2D eigenvalue weighted by molar-refractivity contribution is -0.132. The summed E-state index contributed by atoms with van der Waals surface area (Å²) in [4.78, 5) is 38.6. The number of carbonyl (C=O) groups excluding carboxylic acids is 3. The van der Waals surface area contributed by atoms with Crippen LogP contribution >= 0.6 is 0 Å². The van der Waals surface area contributed by atoms with Crippen molar-refractivity contribution in [2.45, 2.75) is 31.3 Å².